The molecule has 4 rings (SSSR count). The van der Waals surface area contributed by atoms with Crippen LogP contribution in [-0.4, -0.2) is 26.2 Å². The Bertz CT molecular complexity index is 1140. The number of nitrogens with one attached hydrogen (secondary N) is 3. The first kappa shape index (κ1) is 19.3. The van der Waals surface area contributed by atoms with Crippen LogP contribution in [0.2, 0.25) is 0 Å². The summed E-state index contributed by atoms with van der Waals surface area (Å²) >= 11 is 4.90. The fourth-order valence-corrected chi connectivity index (χ4v) is 3.79. The summed E-state index contributed by atoms with van der Waals surface area (Å²) in [6, 6.07) is 14.7. The Kier molecular flexibility index (Phi) is 5.68. The molecule has 9 heteroatoms. The smallest absolute Gasteiger partial charge is 0.286 e. The summed E-state index contributed by atoms with van der Waals surface area (Å²) in [4.78, 5) is 32.5. The summed E-state index contributed by atoms with van der Waals surface area (Å²) in [5.41, 5.74) is 7.49. The first-order valence-electron chi connectivity index (χ1n) is 8.68. The maximum Gasteiger partial charge on any atom is 0.286 e. The molecule has 0 fully saturated rings. The van der Waals surface area contributed by atoms with Crippen LogP contribution in [0.3, 0.4) is 0 Å². The maximum absolute atomic E-state index is 12.2. The van der Waals surface area contributed by atoms with Gasteiger partial charge in [0.05, 0.1) is 5.69 Å². The SMILES string of the molecule is O=C(NNC(=O)c1cc(Br)c[nH]1)c1ccc(SCc2cn3ccccc3n2)cc1. The molecule has 0 aliphatic carbocycles. The molecule has 3 N–H and O–H groups in total. The van der Waals surface area contributed by atoms with Gasteiger partial charge >= 0.3 is 0 Å². The topological polar surface area (TPSA) is 91.3 Å². The van der Waals surface area contributed by atoms with Crippen molar-refractivity contribution in [3.8, 4) is 0 Å². The van der Waals surface area contributed by atoms with Gasteiger partial charge in [0.25, 0.3) is 11.8 Å². The van der Waals surface area contributed by atoms with Crippen LogP contribution in [0.1, 0.15) is 26.5 Å². The van der Waals surface area contributed by atoms with Crippen molar-refractivity contribution in [3.05, 3.63) is 88.5 Å². The molecule has 0 bridgehead atoms. The summed E-state index contributed by atoms with van der Waals surface area (Å²) in [5, 5.41) is 0. The zero-order valence-electron chi connectivity index (χ0n) is 15.1. The molecule has 7 nitrogen and oxygen atoms in total. The number of carbonyl (C=O) groups excluding carboxylic acids is 2. The number of halogens is 1. The highest BCUT2D eigenvalue weighted by Crippen LogP contribution is 2.23. The Labute approximate surface area is 179 Å². The third-order valence-corrected chi connectivity index (χ3v) is 5.60. The lowest BCUT2D eigenvalue weighted by Crippen LogP contribution is -2.41. The second-order valence-electron chi connectivity index (χ2n) is 6.15. The van der Waals surface area contributed by atoms with Crippen molar-refractivity contribution in [2.24, 2.45) is 0 Å². The van der Waals surface area contributed by atoms with Crippen LogP contribution in [0.15, 0.2) is 76.5 Å². The van der Waals surface area contributed by atoms with Crippen molar-refractivity contribution in [1.29, 1.82) is 0 Å². The molecule has 0 saturated heterocycles. The number of carbonyl (C=O) groups is 2. The van der Waals surface area contributed by atoms with Gasteiger partial charge in [0.2, 0.25) is 0 Å². The first-order chi connectivity index (χ1) is 14.1. The Balaban J connectivity index is 1.31. The average molecular weight is 470 g/mol. The lowest BCUT2D eigenvalue weighted by Gasteiger charge is -2.07. The fourth-order valence-electron chi connectivity index (χ4n) is 2.67. The predicted octanol–water partition coefficient (Wildman–Crippen LogP) is 3.79. The molecule has 2 amide bonds. The third kappa shape index (κ3) is 4.69. The Morgan fingerprint density at radius 1 is 1.10 bits per heavy atom. The minimum atomic E-state index is -0.427. The quantitative estimate of drug-likeness (QED) is 0.306. The number of rotatable bonds is 5. The van der Waals surface area contributed by atoms with Crippen LogP contribution in [0.5, 0.6) is 0 Å². The molecule has 146 valence electrons. The van der Waals surface area contributed by atoms with E-state index in [1.807, 2.05) is 47.1 Å². The highest BCUT2D eigenvalue weighted by molar-refractivity contribution is 9.10. The number of hydrogen-bond donors (Lipinski definition) is 3. The largest absolute Gasteiger partial charge is 0.356 e. The second kappa shape index (κ2) is 8.54. The van der Waals surface area contributed by atoms with Crippen molar-refractivity contribution in [2.75, 3.05) is 0 Å². The molecular weight excluding hydrogens is 454 g/mol. The molecule has 0 aliphatic rings. The molecule has 0 radical (unpaired) electrons. The number of fused-ring (bicyclic) bond motifs is 1. The number of pyridine rings is 1. The molecule has 0 spiro atoms. The van der Waals surface area contributed by atoms with E-state index >= 15 is 0 Å². The molecule has 0 atom stereocenters. The van der Waals surface area contributed by atoms with Crippen molar-refractivity contribution < 1.29 is 9.59 Å². The van der Waals surface area contributed by atoms with E-state index in [9.17, 15) is 9.59 Å². The molecule has 1 aromatic carbocycles. The minimum absolute atomic E-state index is 0.343. The molecule has 0 aliphatic heterocycles. The van der Waals surface area contributed by atoms with Crippen LogP contribution in [0.4, 0.5) is 0 Å². The van der Waals surface area contributed by atoms with Gasteiger partial charge in [-0.05, 0) is 58.4 Å². The summed E-state index contributed by atoms with van der Waals surface area (Å²) in [5.74, 6) is -0.0841. The molecular formula is C20H16BrN5O2S. The van der Waals surface area contributed by atoms with Gasteiger partial charge in [0.1, 0.15) is 11.3 Å². The standard InChI is InChI=1S/C20H16BrN5O2S/c21-14-9-17(22-10-14)20(28)25-24-19(27)13-4-6-16(7-5-13)29-12-15-11-26-8-2-1-3-18(26)23-15/h1-11,22H,12H2,(H,24,27)(H,25,28). The van der Waals surface area contributed by atoms with Crippen molar-refractivity contribution in [2.45, 2.75) is 10.6 Å². The molecule has 29 heavy (non-hydrogen) atoms. The zero-order valence-corrected chi connectivity index (χ0v) is 17.5. The molecule has 3 aromatic heterocycles. The normalized spacial score (nSPS) is 10.8. The number of amides is 2. The van der Waals surface area contributed by atoms with E-state index in [0.29, 0.717) is 11.3 Å². The highest BCUT2D eigenvalue weighted by atomic mass is 79.9. The number of hydrogen-bond acceptors (Lipinski definition) is 4. The van der Waals surface area contributed by atoms with Gasteiger partial charge in [-0.1, -0.05) is 6.07 Å². The van der Waals surface area contributed by atoms with E-state index in [2.05, 4.69) is 36.7 Å². The second-order valence-corrected chi connectivity index (χ2v) is 8.12. The van der Waals surface area contributed by atoms with E-state index in [0.717, 1.165) is 26.5 Å². The fraction of sp³-hybridized carbons (Fsp3) is 0.0500. The molecule has 4 aromatic rings. The first-order valence-corrected chi connectivity index (χ1v) is 10.5. The van der Waals surface area contributed by atoms with Crippen molar-refractivity contribution in [1.82, 2.24) is 25.2 Å². The number of aromatic nitrogens is 3. The van der Waals surface area contributed by atoms with Gasteiger partial charge in [-0.3, -0.25) is 20.4 Å². The lowest BCUT2D eigenvalue weighted by molar-refractivity contribution is 0.0844. The number of H-pyrrole nitrogens is 1. The van der Waals surface area contributed by atoms with E-state index in [1.54, 1.807) is 36.2 Å². The van der Waals surface area contributed by atoms with Gasteiger partial charge in [0.15, 0.2) is 0 Å². The lowest BCUT2D eigenvalue weighted by atomic mass is 10.2. The van der Waals surface area contributed by atoms with Gasteiger partial charge in [0, 0.05) is 39.3 Å². The van der Waals surface area contributed by atoms with Crippen LogP contribution >= 0.6 is 27.7 Å². The van der Waals surface area contributed by atoms with Gasteiger partial charge in [-0.15, -0.1) is 11.8 Å². The van der Waals surface area contributed by atoms with Crippen molar-refractivity contribution >= 4 is 45.2 Å². The molecule has 0 saturated carbocycles. The summed E-state index contributed by atoms with van der Waals surface area (Å²) < 4.78 is 2.74. The van der Waals surface area contributed by atoms with E-state index < -0.39 is 5.91 Å². The number of hydrazine groups is 1. The van der Waals surface area contributed by atoms with Crippen LogP contribution in [0.25, 0.3) is 5.65 Å². The van der Waals surface area contributed by atoms with Gasteiger partial charge < -0.3 is 9.38 Å². The molecule has 0 unspecified atom stereocenters. The maximum atomic E-state index is 12.2. The Morgan fingerprint density at radius 3 is 2.62 bits per heavy atom. The number of thioether (sulfide) groups is 1. The van der Waals surface area contributed by atoms with E-state index in [-0.39, 0.29) is 5.91 Å². The van der Waals surface area contributed by atoms with Gasteiger partial charge in [-0.2, -0.15) is 0 Å². The monoisotopic (exact) mass is 469 g/mol. The van der Waals surface area contributed by atoms with E-state index in [4.69, 9.17) is 0 Å². The number of benzene rings is 1. The minimum Gasteiger partial charge on any atom is -0.356 e. The number of nitrogens with zero attached hydrogens (tertiary/aromatic N) is 2. The van der Waals surface area contributed by atoms with Crippen LogP contribution in [-0.2, 0) is 5.75 Å². The Morgan fingerprint density at radius 2 is 1.90 bits per heavy atom. The highest BCUT2D eigenvalue weighted by Gasteiger charge is 2.11. The number of imidazole rings is 1. The van der Waals surface area contributed by atoms with E-state index in [1.165, 1.54) is 0 Å². The third-order valence-electron chi connectivity index (χ3n) is 4.10. The summed E-state index contributed by atoms with van der Waals surface area (Å²) in [6.07, 6.45) is 5.62. The van der Waals surface area contributed by atoms with Crippen LogP contribution in [0, 0.1) is 0 Å². The van der Waals surface area contributed by atoms with Crippen molar-refractivity contribution in [3.63, 3.8) is 0 Å². The number of aromatic amines is 1. The summed E-state index contributed by atoms with van der Waals surface area (Å²) in [7, 11) is 0. The molecule has 3 heterocycles. The van der Waals surface area contributed by atoms with Crippen LogP contribution < -0.4 is 10.9 Å². The van der Waals surface area contributed by atoms with Gasteiger partial charge in [-0.25, -0.2) is 4.98 Å². The summed E-state index contributed by atoms with van der Waals surface area (Å²) in [6.45, 7) is 0. The predicted molar refractivity (Wildman–Crippen MR) is 115 cm³/mol. The average Bonchev–Trinajstić information content (AvgIpc) is 3.36. The Hall–Kier alpha value is -3.04. The zero-order chi connectivity index (χ0) is 20.2.